The van der Waals surface area contributed by atoms with Gasteiger partial charge in [-0.1, -0.05) is 42.5 Å². The second-order valence-electron chi connectivity index (χ2n) is 5.48. The molecule has 0 aromatic heterocycles. The molecule has 1 aliphatic rings. The van der Waals surface area contributed by atoms with E-state index in [1.807, 2.05) is 42.5 Å². The van der Waals surface area contributed by atoms with Crippen LogP contribution in [0.5, 0.6) is 0 Å². The Hall–Kier alpha value is -3.14. The molecule has 23 heavy (non-hydrogen) atoms. The van der Waals surface area contributed by atoms with E-state index in [0.717, 1.165) is 16.5 Å². The van der Waals surface area contributed by atoms with Crippen molar-refractivity contribution in [3.8, 4) is 0 Å². The van der Waals surface area contributed by atoms with E-state index in [0.29, 0.717) is 11.1 Å². The molecule has 0 unspecified atom stereocenters. The van der Waals surface area contributed by atoms with E-state index in [1.54, 1.807) is 24.3 Å². The quantitative estimate of drug-likeness (QED) is 0.753. The van der Waals surface area contributed by atoms with Crippen LogP contribution >= 0.6 is 0 Å². The predicted molar refractivity (Wildman–Crippen MR) is 89.4 cm³/mol. The molecular formula is C19H14N2O2. The van der Waals surface area contributed by atoms with Crippen LogP contribution in [0.15, 0.2) is 66.7 Å². The van der Waals surface area contributed by atoms with Gasteiger partial charge in [-0.15, -0.1) is 0 Å². The number of rotatable bonds is 3. The second kappa shape index (κ2) is 5.25. The third-order valence-corrected chi connectivity index (χ3v) is 4.07. The number of benzene rings is 3. The maximum atomic E-state index is 12.3. The lowest BCUT2D eigenvalue weighted by Gasteiger charge is -2.16. The van der Waals surface area contributed by atoms with Crippen LogP contribution in [0, 0.1) is 0 Å². The highest BCUT2D eigenvalue weighted by molar-refractivity contribution is 6.21. The van der Waals surface area contributed by atoms with Crippen molar-refractivity contribution >= 4 is 28.3 Å². The first-order valence-corrected chi connectivity index (χ1v) is 7.42. The Morgan fingerprint density at radius 3 is 2.04 bits per heavy atom. The third kappa shape index (κ3) is 2.25. The maximum Gasteiger partial charge on any atom is 0.263 e. The van der Waals surface area contributed by atoms with Crippen molar-refractivity contribution < 1.29 is 9.59 Å². The number of fused-ring (bicyclic) bond motifs is 2. The smallest absolute Gasteiger partial charge is 0.263 e. The molecule has 0 atom stereocenters. The molecule has 112 valence electrons. The van der Waals surface area contributed by atoms with Crippen LogP contribution in [0.3, 0.4) is 0 Å². The normalized spacial score (nSPS) is 13.5. The molecule has 3 aromatic carbocycles. The fourth-order valence-corrected chi connectivity index (χ4v) is 2.85. The van der Waals surface area contributed by atoms with Crippen molar-refractivity contribution in [3.05, 3.63) is 77.9 Å². The van der Waals surface area contributed by atoms with Crippen LogP contribution in [0.4, 0.5) is 5.69 Å². The van der Waals surface area contributed by atoms with E-state index in [1.165, 1.54) is 4.90 Å². The first-order valence-electron chi connectivity index (χ1n) is 7.42. The Morgan fingerprint density at radius 2 is 1.35 bits per heavy atom. The molecule has 3 aromatic rings. The Morgan fingerprint density at radius 1 is 0.739 bits per heavy atom. The zero-order valence-electron chi connectivity index (χ0n) is 12.3. The van der Waals surface area contributed by atoms with Crippen molar-refractivity contribution in [1.29, 1.82) is 0 Å². The topological polar surface area (TPSA) is 49.4 Å². The summed E-state index contributed by atoms with van der Waals surface area (Å²) in [5.41, 5.74) is 1.82. The average molecular weight is 302 g/mol. The van der Waals surface area contributed by atoms with Crippen LogP contribution in [-0.2, 0) is 0 Å². The molecule has 1 N–H and O–H groups in total. The van der Waals surface area contributed by atoms with E-state index in [4.69, 9.17) is 0 Å². The maximum absolute atomic E-state index is 12.3. The van der Waals surface area contributed by atoms with E-state index < -0.39 is 0 Å². The molecule has 1 aliphatic heterocycles. The molecule has 4 heteroatoms. The summed E-state index contributed by atoms with van der Waals surface area (Å²) in [6.07, 6.45) is 0. The molecular weight excluding hydrogens is 288 g/mol. The highest BCUT2D eigenvalue weighted by atomic mass is 16.2. The van der Waals surface area contributed by atoms with Gasteiger partial charge in [-0.25, -0.2) is 0 Å². The fraction of sp³-hybridized carbons (Fsp3) is 0.0526. The van der Waals surface area contributed by atoms with Gasteiger partial charge in [-0.3, -0.25) is 14.5 Å². The van der Waals surface area contributed by atoms with Crippen LogP contribution in [0.2, 0.25) is 0 Å². The summed E-state index contributed by atoms with van der Waals surface area (Å²) in [7, 11) is 0. The number of hydrogen-bond acceptors (Lipinski definition) is 3. The standard InChI is InChI=1S/C19H14N2O2/c22-18-16-7-3-4-8-17(16)19(23)21(18)12-20-15-10-9-13-5-1-2-6-14(13)11-15/h1-11,20H,12H2. The minimum atomic E-state index is -0.251. The van der Waals surface area contributed by atoms with Gasteiger partial charge in [0.15, 0.2) is 0 Å². The van der Waals surface area contributed by atoms with E-state index in [9.17, 15) is 9.59 Å². The lowest BCUT2D eigenvalue weighted by atomic mass is 10.1. The molecule has 0 saturated heterocycles. The second-order valence-corrected chi connectivity index (χ2v) is 5.48. The summed E-state index contributed by atoms with van der Waals surface area (Å²) in [6, 6.07) is 20.9. The number of carbonyl (C=O) groups excluding carboxylic acids is 2. The molecule has 0 spiro atoms. The van der Waals surface area contributed by atoms with Crippen LogP contribution in [0.25, 0.3) is 10.8 Å². The minimum Gasteiger partial charge on any atom is -0.367 e. The number of anilines is 1. The minimum absolute atomic E-state index is 0.157. The summed E-state index contributed by atoms with van der Waals surface area (Å²) in [4.78, 5) is 25.8. The van der Waals surface area contributed by atoms with Gasteiger partial charge in [0.1, 0.15) is 0 Å². The van der Waals surface area contributed by atoms with Crippen molar-refractivity contribution in [2.24, 2.45) is 0 Å². The molecule has 0 radical (unpaired) electrons. The van der Waals surface area contributed by atoms with Gasteiger partial charge in [0, 0.05) is 5.69 Å². The third-order valence-electron chi connectivity index (χ3n) is 4.07. The largest absolute Gasteiger partial charge is 0.367 e. The number of nitrogens with one attached hydrogen (secondary N) is 1. The van der Waals surface area contributed by atoms with Crippen LogP contribution in [0.1, 0.15) is 20.7 Å². The molecule has 2 amide bonds. The summed E-state index contributed by atoms with van der Waals surface area (Å²) in [5, 5.41) is 5.42. The lowest BCUT2D eigenvalue weighted by molar-refractivity contribution is 0.0666. The molecule has 0 aliphatic carbocycles. The van der Waals surface area contributed by atoms with Crippen molar-refractivity contribution in [2.45, 2.75) is 0 Å². The fourth-order valence-electron chi connectivity index (χ4n) is 2.85. The Balaban J connectivity index is 1.55. The zero-order chi connectivity index (χ0) is 15.8. The van der Waals surface area contributed by atoms with Crippen molar-refractivity contribution in [1.82, 2.24) is 4.90 Å². The monoisotopic (exact) mass is 302 g/mol. The van der Waals surface area contributed by atoms with E-state index in [2.05, 4.69) is 5.32 Å². The first-order chi connectivity index (χ1) is 11.2. The number of imide groups is 1. The Kier molecular flexibility index (Phi) is 3.08. The highest BCUT2D eigenvalue weighted by Crippen LogP contribution is 2.23. The molecule has 4 nitrogen and oxygen atoms in total. The van der Waals surface area contributed by atoms with Gasteiger partial charge in [-0.05, 0) is 35.0 Å². The van der Waals surface area contributed by atoms with Gasteiger partial charge in [-0.2, -0.15) is 0 Å². The highest BCUT2D eigenvalue weighted by Gasteiger charge is 2.34. The lowest BCUT2D eigenvalue weighted by Crippen LogP contribution is -2.34. The molecule has 0 fully saturated rings. The predicted octanol–water partition coefficient (Wildman–Crippen LogP) is 3.51. The molecule has 0 saturated carbocycles. The molecule has 0 bridgehead atoms. The molecule has 1 heterocycles. The number of nitrogens with zero attached hydrogens (tertiary/aromatic N) is 1. The van der Waals surface area contributed by atoms with Crippen LogP contribution < -0.4 is 5.32 Å². The summed E-state index contributed by atoms with van der Waals surface area (Å²) >= 11 is 0. The number of carbonyl (C=O) groups is 2. The molecule has 4 rings (SSSR count). The summed E-state index contributed by atoms with van der Waals surface area (Å²) in [6.45, 7) is 0.157. The Labute approximate surface area is 133 Å². The first kappa shape index (κ1) is 13.5. The van der Waals surface area contributed by atoms with Crippen molar-refractivity contribution in [3.63, 3.8) is 0 Å². The Bertz CT molecular complexity index is 898. The zero-order valence-corrected chi connectivity index (χ0v) is 12.3. The van der Waals surface area contributed by atoms with E-state index in [-0.39, 0.29) is 18.5 Å². The van der Waals surface area contributed by atoms with Gasteiger partial charge in [0.05, 0.1) is 17.8 Å². The van der Waals surface area contributed by atoms with Crippen molar-refractivity contribution in [2.75, 3.05) is 12.0 Å². The number of hydrogen-bond donors (Lipinski definition) is 1. The van der Waals surface area contributed by atoms with Gasteiger partial charge in [0.2, 0.25) is 0 Å². The number of amides is 2. The SMILES string of the molecule is O=C1c2ccccc2C(=O)N1CNc1ccc2ccccc2c1. The van der Waals surface area contributed by atoms with Gasteiger partial charge < -0.3 is 5.32 Å². The van der Waals surface area contributed by atoms with Gasteiger partial charge in [0.25, 0.3) is 11.8 Å². The average Bonchev–Trinajstić information content (AvgIpc) is 2.84. The van der Waals surface area contributed by atoms with Gasteiger partial charge >= 0.3 is 0 Å². The summed E-state index contributed by atoms with van der Waals surface area (Å²) < 4.78 is 0. The van der Waals surface area contributed by atoms with E-state index >= 15 is 0 Å². The summed E-state index contributed by atoms with van der Waals surface area (Å²) in [5.74, 6) is -0.502. The van der Waals surface area contributed by atoms with Crippen LogP contribution in [-0.4, -0.2) is 23.4 Å².